The van der Waals surface area contributed by atoms with E-state index in [9.17, 15) is 0 Å². The molecule has 0 saturated carbocycles. The number of aromatic amines is 1. The number of hydrogen-bond acceptors (Lipinski definition) is 9. The fourth-order valence-electron chi connectivity index (χ4n) is 4.58. The molecule has 0 amide bonds. The van der Waals surface area contributed by atoms with Crippen molar-refractivity contribution >= 4 is 29.0 Å². The molecule has 0 spiro atoms. The Morgan fingerprint density at radius 1 is 0.750 bits per heavy atom. The number of aromatic nitrogens is 8. The van der Waals surface area contributed by atoms with Gasteiger partial charge in [-0.1, -0.05) is 0 Å². The maximum atomic E-state index is 8.10. The van der Waals surface area contributed by atoms with Crippen molar-refractivity contribution in [2.45, 2.75) is 114 Å². The molecule has 0 aliphatic carbocycles. The molecule has 0 unspecified atom stereocenters. The molecule has 13 nitrogen and oxygen atoms in total. The van der Waals surface area contributed by atoms with E-state index in [1.165, 1.54) is 74.8 Å². The maximum absolute atomic E-state index is 8.10. The van der Waals surface area contributed by atoms with E-state index in [0.29, 0.717) is 20.2 Å². The SMILES string of the molecule is CCC[CH2][Sn]([CH2]CCC)([CH2]CCC)[c]1nccn1COCC.CCOCn1[c-]ncc1.CCOCn1ccnc1.[CH-]=O.[H+].[O]=[Pd].[W].[W].[W].[c-]1ncc[nH]1. The van der Waals surface area contributed by atoms with Crippen LogP contribution in [-0.2, 0) is 125 Å². The summed E-state index contributed by atoms with van der Waals surface area (Å²) in [7, 11) is 0. The first kappa shape index (κ1) is 61.0. The van der Waals surface area contributed by atoms with E-state index in [1.54, 1.807) is 35.7 Å². The van der Waals surface area contributed by atoms with Gasteiger partial charge in [0, 0.05) is 95.1 Å². The molecule has 0 fully saturated rings. The van der Waals surface area contributed by atoms with Gasteiger partial charge >= 0.3 is 166 Å². The number of hydrogen-bond donors (Lipinski definition) is 1. The number of rotatable bonds is 19. The summed E-state index contributed by atoms with van der Waals surface area (Å²) in [5.74, 6) is 0. The minimum atomic E-state index is -2.40. The van der Waals surface area contributed by atoms with Crippen molar-refractivity contribution in [2.24, 2.45) is 0 Å². The van der Waals surface area contributed by atoms with Gasteiger partial charge in [-0.15, -0.1) is 24.8 Å². The number of carbonyl (C=O) groups excluding carboxylic acids is 1. The third-order valence-corrected chi connectivity index (χ3v) is 22.1. The van der Waals surface area contributed by atoms with Gasteiger partial charge in [-0.2, -0.15) is 0 Å². The van der Waals surface area contributed by atoms with Crippen LogP contribution in [0, 0.1) is 12.7 Å². The molecular formula is C34H60N8O5PdSnW3-2. The number of ether oxygens (including phenoxy) is 3. The Bertz CT molecular complexity index is 1100. The summed E-state index contributed by atoms with van der Waals surface area (Å²) in [6, 6.07) is 0. The molecule has 300 valence electrons. The number of nitrogens with zero attached hydrogens (tertiary/aromatic N) is 7. The summed E-state index contributed by atoms with van der Waals surface area (Å²) in [5, 5.41) is 0. The van der Waals surface area contributed by atoms with Gasteiger partial charge in [0.2, 0.25) is 0 Å². The van der Waals surface area contributed by atoms with E-state index in [0.717, 1.165) is 19.8 Å². The first-order valence-corrected chi connectivity index (χ1v) is 25.0. The van der Waals surface area contributed by atoms with Crippen LogP contribution >= 0.6 is 0 Å². The zero-order valence-electron chi connectivity index (χ0n) is 32.6. The van der Waals surface area contributed by atoms with Crippen molar-refractivity contribution < 1.29 is 106 Å². The quantitative estimate of drug-likeness (QED) is 0.0641. The predicted molar refractivity (Wildman–Crippen MR) is 191 cm³/mol. The van der Waals surface area contributed by atoms with Crippen molar-refractivity contribution in [1.82, 2.24) is 38.6 Å². The van der Waals surface area contributed by atoms with Crippen LogP contribution in [0.5, 0.6) is 0 Å². The Hall–Kier alpha value is -0.284. The zero-order valence-corrected chi connectivity index (χ0v) is 44.8. The molecule has 0 bridgehead atoms. The number of H-pyrrole nitrogens is 1. The molecule has 0 aromatic carbocycles. The third-order valence-electron chi connectivity index (χ3n) is 6.96. The van der Waals surface area contributed by atoms with Gasteiger partial charge in [-0.3, -0.25) is 6.79 Å². The summed E-state index contributed by atoms with van der Waals surface area (Å²) in [6.45, 7) is 20.3. The Balaban J connectivity index is -0.000000148. The van der Waals surface area contributed by atoms with Crippen LogP contribution in [0.25, 0.3) is 0 Å². The largest absolute Gasteiger partial charge is 0.467 e. The molecule has 4 aromatic rings. The minimum absolute atomic E-state index is 0. The first-order chi connectivity index (χ1) is 24.1. The van der Waals surface area contributed by atoms with Crippen LogP contribution in [0.4, 0.5) is 0 Å². The second-order valence-corrected chi connectivity index (χ2v) is 23.3. The number of imidazole rings is 4. The van der Waals surface area contributed by atoms with Gasteiger partial charge in [-0.25, -0.2) is 4.98 Å². The van der Waals surface area contributed by atoms with Gasteiger partial charge < -0.3 is 38.4 Å². The van der Waals surface area contributed by atoms with Crippen molar-refractivity contribution in [3.63, 3.8) is 0 Å². The van der Waals surface area contributed by atoms with Gasteiger partial charge in [0.15, 0.2) is 0 Å². The second-order valence-electron chi connectivity index (χ2n) is 10.5. The Labute approximate surface area is 372 Å². The average Bonchev–Trinajstić information content (AvgIpc) is 4.01. The molecule has 0 aliphatic rings. The molecule has 4 rings (SSSR count). The third kappa shape index (κ3) is 31.0. The zero-order chi connectivity index (χ0) is 36.9. The smallest absolute Gasteiger partial charge is 0 e. The van der Waals surface area contributed by atoms with E-state index in [1.807, 2.05) is 37.0 Å². The van der Waals surface area contributed by atoms with E-state index in [-0.39, 0.29) is 64.6 Å². The fraction of sp³-hybridized carbons (Fsp3) is 0.618. The summed E-state index contributed by atoms with van der Waals surface area (Å²) in [5.41, 5.74) is 0. The molecule has 4 heterocycles. The normalized spacial score (nSPS) is 9.46. The predicted octanol–water partition coefficient (Wildman–Crippen LogP) is 6.41. The molecule has 0 atom stereocenters. The standard InChI is InChI=1S/C6H10N2O.2C6H9N2O.3C4H9.C3H3N2.CHO.O.Pd.Sn.3W/c3*1-2-9-6-8-4-3-7-5-8;3*1-3-4-2;1-2-5-3-4-1;1-2;;;;;;/h3-5H,2,6H2,1H3;2*3-4H,2,6H2,1H3;3*1,3-4H2,2H3;1-2H,(H,4,5);1H;;;;;;/q;;-1;;;;2*-1;;;;;;/p+1. The maximum Gasteiger partial charge on any atom is 0 e. The van der Waals surface area contributed by atoms with E-state index in [2.05, 4.69) is 77.8 Å². The summed E-state index contributed by atoms with van der Waals surface area (Å²) in [6.07, 6.45) is 29.6. The molecular weight excluding hydrogens is 1380 g/mol. The minimum Gasteiger partial charge on any atom is -0.467 e. The van der Waals surface area contributed by atoms with Crippen LogP contribution in [0.1, 0.15) is 81.5 Å². The van der Waals surface area contributed by atoms with Gasteiger partial charge in [0.25, 0.3) is 0 Å². The summed E-state index contributed by atoms with van der Waals surface area (Å²) in [4.78, 5) is 26.4. The fourth-order valence-corrected chi connectivity index (χ4v) is 20.6. The number of unbranched alkanes of at least 4 members (excludes halogenated alkanes) is 3. The van der Waals surface area contributed by atoms with Gasteiger partial charge in [0.1, 0.15) is 13.5 Å². The monoisotopic (exact) mass is 1440 g/mol. The molecule has 0 aliphatic heterocycles. The second kappa shape index (κ2) is 46.9. The number of nitrogens with one attached hydrogen (secondary N) is 1. The van der Waals surface area contributed by atoms with Crippen LogP contribution in [-0.4, -0.2) is 83.6 Å². The molecule has 0 radical (unpaired) electrons. The Morgan fingerprint density at radius 3 is 1.71 bits per heavy atom. The van der Waals surface area contributed by atoms with Gasteiger partial charge in [0.05, 0.1) is 6.33 Å². The average molecular weight is 1440 g/mol. The van der Waals surface area contributed by atoms with Crippen LogP contribution in [0.15, 0.2) is 55.9 Å². The molecule has 52 heavy (non-hydrogen) atoms. The molecule has 4 aromatic heterocycles. The Morgan fingerprint density at radius 2 is 1.31 bits per heavy atom. The van der Waals surface area contributed by atoms with E-state index in [4.69, 9.17) is 27.5 Å². The van der Waals surface area contributed by atoms with Crippen molar-refractivity contribution in [3.8, 4) is 0 Å². The first-order valence-electron chi connectivity index (χ1n) is 16.9. The van der Waals surface area contributed by atoms with Crippen molar-refractivity contribution in [1.29, 1.82) is 0 Å². The van der Waals surface area contributed by atoms with Crippen LogP contribution in [0.3, 0.4) is 0 Å². The van der Waals surface area contributed by atoms with Crippen molar-refractivity contribution in [2.75, 3.05) is 19.8 Å². The molecule has 1 N–H and O–H groups in total. The summed E-state index contributed by atoms with van der Waals surface area (Å²) >= 11 is -0.898. The van der Waals surface area contributed by atoms with Crippen LogP contribution in [0.2, 0.25) is 13.3 Å². The van der Waals surface area contributed by atoms with E-state index < -0.39 is 18.4 Å². The van der Waals surface area contributed by atoms with Crippen molar-refractivity contribution in [3.05, 3.63) is 68.6 Å². The molecule has 0 saturated heterocycles. The van der Waals surface area contributed by atoms with E-state index >= 15 is 0 Å². The molecule has 18 heteroatoms. The Kier molecular flexibility index (Phi) is 54.9. The summed E-state index contributed by atoms with van der Waals surface area (Å²) < 4.78 is 35.8. The topological polar surface area (TPSA) is 144 Å². The van der Waals surface area contributed by atoms with Crippen LogP contribution < -0.4 is 3.84 Å². The van der Waals surface area contributed by atoms with Gasteiger partial charge in [-0.05, 0) is 20.2 Å².